The topological polar surface area (TPSA) is 33.3 Å². The third-order valence-corrected chi connectivity index (χ3v) is 1.55. The molecule has 2 N–H and O–H groups in total. The summed E-state index contributed by atoms with van der Waals surface area (Å²) in [6.45, 7) is 8.46. The van der Waals surface area contributed by atoms with E-state index in [-0.39, 0.29) is 17.8 Å². The fourth-order valence-electron chi connectivity index (χ4n) is 0.892. The minimum absolute atomic E-state index is 0.127. The molecule has 0 bridgehead atoms. The van der Waals surface area contributed by atoms with Gasteiger partial charge in [-0.05, 0) is 6.92 Å². The minimum Gasteiger partial charge on any atom is -0.281 e. The number of rotatable bonds is 0. The van der Waals surface area contributed by atoms with E-state index in [1.807, 2.05) is 6.92 Å². The quantitative estimate of drug-likeness (QED) is 0.528. The van der Waals surface area contributed by atoms with Crippen LogP contribution in [0.3, 0.4) is 0 Å². The van der Waals surface area contributed by atoms with Crippen LogP contribution < -0.4 is 10.8 Å². The highest BCUT2D eigenvalue weighted by Gasteiger charge is 2.31. The van der Waals surface area contributed by atoms with Crippen molar-refractivity contribution in [1.29, 1.82) is 0 Å². The second-order valence-corrected chi connectivity index (χ2v) is 3.87. The van der Waals surface area contributed by atoms with E-state index in [1.165, 1.54) is 0 Å². The van der Waals surface area contributed by atoms with E-state index in [0.717, 1.165) is 0 Å². The molecule has 3 heteroatoms. The average molecular weight is 144 g/mol. The van der Waals surface area contributed by atoms with Gasteiger partial charge < -0.3 is 0 Å². The minimum atomic E-state index is 0.127. The molecule has 3 nitrogen and oxygen atoms in total. The van der Waals surface area contributed by atoms with Gasteiger partial charge in [0.05, 0.1) is 6.17 Å². The number of hydroxylamine groups is 1. The molecule has 0 aliphatic carbocycles. The number of hydrogen-bond acceptors (Lipinski definition) is 3. The molecule has 1 aliphatic heterocycles. The van der Waals surface area contributed by atoms with E-state index in [4.69, 9.17) is 4.84 Å². The zero-order valence-electron chi connectivity index (χ0n) is 7.06. The molecule has 0 aromatic heterocycles. The summed E-state index contributed by atoms with van der Waals surface area (Å²) in [7, 11) is 0. The third kappa shape index (κ3) is 1.68. The number of nitrogens with one attached hydrogen (secondary N) is 2. The van der Waals surface area contributed by atoms with Gasteiger partial charge in [-0.1, -0.05) is 20.8 Å². The summed E-state index contributed by atoms with van der Waals surface area (Å²) in [4.78, 5) is 5.27. The Bertz CT molecular complexity index is 119. The van der Waals surface area contributed by atoms with Crippen LogP contribution >= 0.6 is 0 Å². The fourth-order valence-corrected chi connectivity index (χ4v) is 0.892. The first-order valence-corrected chi connectivity index (χ1v) is 3.67. The van der Waals surface area contributed by atoms with Crippen LogP contribution in [-0.2, 0) is 4.84 Å². The lowest BCUT2D eigenvalue weighted by molar-refractivity contribution is -0.0356. The first-order chi connectivity index (χ1) is 4.50. The first kappa shape index (κ1) is 7.98. The van der Waals surface area contributed by atoms with Crippen LogP contribution in [0.15, 0.2) is 0 Å². The van der Waals surface area contributed by atoms with Crippen molar-refractivity contribution in [1.82, 2.24) is 10.8 Å². The van der Waals surface area contributed by atoms with Gasteiger partial charge in [0.1, 0.15) is 6.23 Å². The van der Waals surface area contributed by atoms with Crippen molar-refractivity contribution in [3.8, 4) is 0 Å². The van der Waals surface area contributed by atoms with Crippen molar-refractivity contribution in [2.75, 3.05) is 0 Å². The molecule has 10 heavy (non-hydrogen) atoms. The lowest BCUT2D eigenvalue weighted by atomic mass is 9.94. The van der Waals surface area contributed by atoms with Gasteiger partial charge in [0.25, 0.3) is 0 Å². The molecule has 0 aromatic rings. The maximum absolute atomic E-state index is 5.27. The first-order valence-electron chi connectivity index (χ1n) is 3.67. The maximum Gasteiger partial charge on any atom is 0.135 e. The summed E-state index contributed by atoms with van der Waals surface area (Å²) in [5, 5.41) is 3.26. The Morgan fingerprint density at radius 1 is 1.30 bits per heavy atom. The highest BCUT2D eigenvalue weighted by atomic mass is 16.7. The molecule has 1 aliphatic rings. The van der Waals surface area contributed by atoms with Gasteiger partial charge in [0.15, 0.2) is 0 Å². The lowest BCUT2D eigenvalue weighted by Gasteiger charge is -2.24. The Labute approximate surface area is 62.1 Å². The highest BCUT2D eigenvalue weighted by Crippen LogP contribution is 2.21. The van der Waals surface area contributed by atoms with Crippen LogP contribution in [0.4, 0.5) is 0 Å². The molecule has 1 heterocycles. The fraction of sp³-hybridized carbons (Fsp3) is 1.00. The summed E-state index contributed by atoms with van der Waals surface area (Å²) in [5.74, 6) is 0. The zero-order valence-corrected chi connectivity index (χ0v) is 7.06. The Morgan fingerprint density at radius 3 is 2.10 bits per heavy atom. The number of hydrogen-bond donors (Lipinski definition) is 2. The molecule has 0 amide bonds. The maximum atomic E-state index is 5.27. The van der Waals surface area contributed by atoms with E-state index in [9.17, 15) is 0 Å². The van der Waals surface area contributed by atoms with Crippen LogP contribution in [0.1, 0.15) is 27.7 Å². The summed E-state index contributed by atoms with van der Waals surface area (Å²) in [6.07, 6.45) is 0.395. The van der Waals surface area contributed by atoms with Crippen molar-refractivity contribution in [2.24, 2.45) is 5.41 Å². The van der Waals surface area contributed by atoms with Gasteiger partial charge in [0.2, 0.25) is 0 Å². The Hall–Kier alpha value is -0.120. The van der Waals surface area contributed by atoms with E-state index >= 15 is 0 Å². The van der Waals surface area contributed by atoms with Gasteiger partial charge in [-0.3, -0.25) is 10.2 Å². The van der Waals surface area contributed by atoms with Gasteiger partial charge in [-0.25, -0.2) is 0 Å². The summed E-state index contributed by atoms with van der Waals surface area (Å²) < 4.78 is 0. The van der Waals surface area contributed by atoms with E-state index in [1.54, 1.807) is 0 Å². The SMILES string of the molecule is CC1NOC(C(C)(C)C)N1. The van der Waals surface area contributed by atoms with Gasteiger partial charge in [-0.15, -0.1) is 0 Å². The second-order valence-electron chi connectivity index (χ2n) is 3.87. The molecule has 0 spiro atoms. The van der Waals surface area contributed by atoms with Gasteiger partial charge >= 0.3 is 0 Å². The van der Waals surface area contributed by atoms with Crippen molar-refractivity contribution >= 4 is 0 Å². The molecule has 0 aromatic carbocycles. The van der Waals surface area contributed by atoms with E-state index < -0.39 is 0 Å². The second kappa shape index (κ2) is 2.49. The van der Waals surface area contributed by atoms with Crippen LogP contribution in [0, 0.1) is 5.41 Å². The molecule has 1 fully saturated rings. The van der Waals surface area contributed by atoms with Crippen molar-refractivity contribution in [3.05, 3.63) is 0 Å². The summed E-state index contributed by atoms with van der Waals surface area (Å²) in [5.41, 5.74) is 3.03. The Morgan fingerprint density at radius 2 is 1.90 bits per heavy atom. The zero-order chi connectivity index (χ0) is 7.78. The predicted octanol–water partition coefficient (Wildman–Crippen LogP) is 0.829. The van der Waals surface area contributed by atoms with Gasteiger partial charge in [-0.2, -0.15) is 5.48 Å². The lowest BCUT2D eigenvalue weighted by Crippen LogP contribution is -2.38. The van der Waals surface area contributed by atoms with Gasteiger partial charge in [0, 0.05) is 5.41 Å². The average Bonchev–Trinajstić information content (AvgIpc) is 2.11. The molecular formula is C7H16N2O. The molecule has 1 rings (SSSR count). The van der Waals surface area contributed by atoms with Crippen molar-refractivity contribution in [2.45, 2.75) is 40.1 Å². The molecule has 1 saturated heterocycles. The smallest absolute Gasteiger partial charge is 0.135 e. The Balaban J connectivity index is 2.45. The summed E-state index contributed by atoms with van der Waals surface area (Å²) in [6, 6.07) is 0. The molecular weight excluding hydrogens is 128 g/mol. The molecule has 0 saturated carbocycles. The van der Waals surface area contributed by atoms with Crippen LogP contribution in [0.5, 0.6) is 0 Å². The monoisotopic (exact) mass is 144 g/mol. The predicted molar refractivity (Wildman–Crippen MR) is 40.1 cm³/mol. The van der Waals surface area contributed by atoms with Crippen LogP contribution in [0.25, 0.3) is 0 Å². The largest absolute Gasteiger partial charge is 0.281 e. The Kier molecular flexibility index (Phi) is 1.99. The van der Waals surface area contributed by atoms with E-state index in [0.29, 0.717) is 0 Å². The third-order valence-electron chi connectivity index (χ3n) is 1.55. The van der Waals surface area contributed by atoms with E-state index in [2.05, 4.69) is 31.6 Å². The van der Waals surface area contributed by atoms with Crippen molar-refractivity contribution in [3.63, 3.8) is 0 Å². The molecule has 0 radical (unpaired) electrons. The van der Waals surface area contributed by atoms with Crippen LogP contribution in [0.2, 0.25) is 0 Å². The molecule has 60 valence electrons. The highest BCUT2D eigenvalue weighted by molar-refractivity contribution is 4.76. The standard InChI is InChI=1S/C7H16N2O/c1-5-8-6(10-9-5)7(2,3)4/h5-6,8-9H,1-4H3. The molecule has 2 atom stereocenters. The molecule has 2 unspecified atom stereocenters. The normalized spacial score (nSPS) is 34.8. The van der Waals surface area contributed by atoms with Crippen molar-refractivity contribution < 1.29 is 4.84 Å². The van der Waals surface area contributed by atoms with Crippen LogP contribution in [-0.4, -0.2) is 12.4 Å². The summed E-state index contributed by atoms with van der Waals surface area (Å²) >= 11 is 0.